The molecule has 0 amide bonds. The van der Waals surface area contributed by atoms with Gasteiger partial charge in [0.15, 0.2) is 0 Å². The number of rotatable bonds is 4. The largest absolute Gasteiger partial charge is 0.327 e. The predicted octanol–water partition coefficient (Wildman–Crippen LogP) is 8.53. The molecule has 33 heavy (non-hydrogen) atoms. The summed E-state index contributed by atoms with van der Waals surface area (Å²) in [7, 11) is 1.01. The number of nitrogens with zero attached hydrogens (tertiary/aromatic N) is 3. The summed E-state index contributed by atoms with van der Waals surface area (Å²) < 4.78 is 10.3. The lowest BCUT2D eigenvalue weighted by molar-refractivity contribution is -0.704. The summed E-state index contributed by atoms with van der Waals surface area (Å²) in [4.78, 5) is 0. The molecule has 0 bridgehead atoms. The molecule has 0 saturated carbocycles. The topological polar surface area (TPSA) is 21.2 Å². The molecule has 0 spiro atoms. The van der Waals surface area contributed by atoms with Crippen molar-refractivity contribution in [2.75, 3.05) is 0 Å². The number of aromatic nitrogens is 2. The molecule has 0 unspecified atom stereocenters. The first-order valence-corrected chi connectivity index (χ1v) is 13.4. The average Bonchev–Trinajstić information content (AvgIpc) is 2.87. The Labute approximate surface area is 205 Å². The maximum Gasteiger partial charge on any atom is 0.327 e. The second-order valence-corrected chi connectivity index (χ2v) is 14.1. The molecule has 0 aliphatic carbocycles. The van der Waals surface area contributed by atoms with Crippen LogP contribution in [0.4, 0.5) is 5.69 Å². The van der Waals surface area contributed by atoms with Gasteiger partial charge in [0.1, 0.15) is 19.8 Å². The van der Waals surface area contributed by atoms with Gasteiger partial charge in [-0.1, -0.05) is 74.4 Å². The third-order valence-corrected chi connectivity index (χ3v) is 7.45. The van der Waals surface area contributed by atoms with Crippen LogP contribution < -0.4 is 10.1 Å². The number of benzene rings is 1. The summed E-state index contributed by atoms with van der Waals surface area (Å²) in [6.45, 7) is 34.4. The molecule has 0 aliphatic heterocycles. The molecule has 0 atom stereocenters. The van der Waals surface area contributed by atoms with Gasteiger partial charge in [-0.3, -0.25) is 0 Å². The average molecular weight is 471 g/mol. The van der Waals surface area contributed by atoms with Gasteiger partial charge in [-0.2, -0.15) is 0 Å². The number of hydrogen-bond donors (Lipinski definition) is 0. The van der Waals surface area contributed by atoms with Gasteiger partial charge in [0, 0.05) is 13.8 Å². The Morgan fingerprint density at radius 2 is 1.24 bits per heavy atom. The van der Waals surface area contributed by atoms with Crippen molar-refractivity contribution in [2.45, 2.75) is 132 Å². The first-order chi connectivity index (χ1) is 14.8. The van der Waals surface area contributed by atoms with Crippen LogP contribution >= 0.6 is 8.37 Å². The smallest absolute Gasteiger partial charge is 0.220 e. The van der Waals surface area contributed by atoms with E-state index < -0.39 is 0 Å². The molecule has 2 rings (SSSR count). The number of imidazole rings is 1. The summed E-state index contributed by atoms with van der Waals surface area (Å²) >= 11 is 0. The minimum atomic E-state index is 0.00943. The third-order valence-electron chi connectivity index (χ3n) is 6.54. The van der Waals surface area contributed by atoms with Crippen molar-refractivity contribution in [2.24, 2.45) is 4.74 Å². The Bertz CT molecular complexity index is 966. The van der Waals surface area contributed by atoms with E-state index in [1.54, 1.807) is 0 Å². The van der Waals surface area contributed by atoms with Crippen molar-refractivity contribution in [1.29, 1.82) is 0 Å². The maximum atomic E-state index is 5.40. The van der Waals surface area contributed by atoms with E-state index in [9.17, 15) is 0 Å². The fourth-order valence-corrected chi connectivity index (χ4v) is 5.87. The molecule has 0 N–H and O–H groups in total. The molecule has 184 valence electrons. The van der Waals surface area contributed by atoms with Crippen LogP contribution in [0.15, 0.2) is 16.9 Å². The van der Waals surface area contributed by atoms with Crippen LogP contribution in [0.25, 0.3) is 0 Å². The van der Waals surface area contributed by atoms with E-state index in [1.165, 1.54) is 39.3 Å². The van der Waals surface area contributed by atoms with Gasteiger partial charge in [0.25, 0.3) is 0 Å². The molecule has 3 nitrogen and oxygen atoms in total. The van der Waals surface area contributed by atoms with Crippen LogP contribution in [0, 0.1) is 13.8 Å². The molecule has 0 aliphatic rings. The van der Waals surface area contributed by atoms with E-state index in [0.717, 1.165) is 8.37 Å². The highest BCUT2D eigenvalue weighted by Crippen LogP contribution is 2.44. The molecule has 1 heterocycles. The van der Waals surface area contributed by atoms with Crippen molar-refractivity contribution < 1.29 is 4.57 Å². The lowest BCUT2D eigenvalue weighted by atomic mass is 9.74. The molecule has 0 fully saturated rings. The quantitative estimate of drug-likeness (QED) is 0.315. The molecule has 0 saturated heterocycles. The van der Waals surface area contributed by atoms with Gasteiger partial charge < -0.3 is 0 Å². The predicted molar refractivity (Wildman–Crippen MR) is 146 cm³/mol. The highest BCUT2D eigenvalue weighted by atomic mass is 31.1. The summed E-state index contributed by atoms with van der Waals surface area (Å²) in [5.74, 6) is 0. The van der Waals surface area contributed by atoms with E-state index in [0.29, 0.717) is 12.1 Å². The van der Waals surface area contributed by atoms with E-state index in [2.05, 4.69) is 125 Å². The van der Waals surface area contributed by atoms with Crippen molar-refractivity contribution in [3.63, 3.8) is 0 Å². The Morgan fingerprint density at radius 1 is 0.788 bits per heavy atom. The Hall–Kier alpha value is -1.47. The summed E-state index contributed by atoms with van der Waals surface area (Å²) in [5.41, 5.74) is 9.32. The second kappa shape index (κ2) is 9.29. The normalized spacial score (nSPS) is 13.7. The summed E-state index contributed by atoms with van der Waals surface area (Å²) in [5, 5.41) is 0. The molecule has 1 aromatic heterocycles. The molecular weight excluding hydrogens is 421 g/mol. The van der Waals surface area contributed by atoms with Gasteiger partial charge >= 0.3 is 5.57 Å². The van der Waals surface area contributed by atoms with Crippen molar-refractivity contribution in [3.05, 3.63) is 40.2 Å². The van der Waals surface area contributed by atoms with Gasteiger partial charge in [-0.15, -0.1) is 0 Å². The minimum absolute atomic E-state index is 0.00943. The van der Waals surface area contributed by atoms with Crippen molar-refractivity contribution >= 4 is 19.6 Å². The lowest BCUT2D eigenvalue weighted by Crippen LogP contribution is -2.50. The van der Waals surface area contributed by atoms with Gasteiger partial charge in [-0.25, -0.2) is 13.9 Å². The van der Waals surface area contributed by atoms with Gasteiger partial charge in [0.05, 0.1) is 17.8 Å². The maximum absolute atomic E-state index is 5.40. The lowest BCUT2D eigenvalue weighted by Gasteiger charge is -2.32. The van der Waals surface area contributed by atoms with E-state index in [1.807, 2.05) is 0 Å². The van der Waals surface area contributed by atoms with Crippen LogP contribution in [-0.4, -0.2) is 4.57 Å². The zero-order valence-electron chi connectivity index (χ0n) is 24.1. The SMILES string of the molecule is Cc1c(C)[n+](C(C)C)c(P=Nc2c(C(C)(C)C)cc(C(C)(C)C)cc2C(C)(C)C)n1C(C)C. The Morgan fingerprint density at radius 3 is 1.58 bits per heavy atom. The second-order valence-electron chi connectivity index (χ2n) is 13.3. The van der Waals surface area contributed by atoms with Gasteiger partial charge in [0.2, 0.25) is 0 Å². The van der Waals surface area contributed by atoms with E-state index in [-0.39, 0.29) is 16.2 Å². The Kier molecular flexibility index (Phi) is 7.82. The van der Waals surface area contributed by atoms with Crippen LogP contribution in [0.5, 0.6) is 0 Å². The molecule has 4 heteroatoms. The summed E-state index contributed by atoms with van der Waals surface area (Å²) in [6.07, 6.45) is 0. The van der Waals surface area contributed by atoms with E-state index in [4.69, 9.17) is 4.74 Å². The van der Waals surface area contributed by atoms with Crippen LogP contribution in [0.3, 0.4) is 0 Å². The molecule has 0 radical (unpaired) electrons. The standard InChI is InChI=1S/C29H49N3P/c1-18(2)31-20(5)21(6)32(19(3)4)26(31)33-30-25-23(28(10,11)12)16-22(27(7,8)9)17-24(25)29(13,14)15/h16-19H,1-15H3/q+1. The first kappa shape index (κ1) is 27.8. The highest BCUT2D eigenvalue weighted by molar-refractivity contribution is 7.36. The molecule has 2 aromatic rings. The third kappa shape index (κ3) is 5.79. The summed E-state index contributed by atoms with van der Waals surface area (Å²) in [6, 6.07) is 5.62. The Balaban J connectivity index is 2.94. The zero-order valence-corrected chi connectivity index (χ0v) is 25.0. The van der Waals surface area contributed by atoms with E-state index >= 15 is 0 Å². The monoisotopic (exact) mass is 470 g/mol. The van der Waals surface area contributed by atoms with Crippen LogP contribution in [0.2, 0.25) is 0 Å². The molecular formula is C29H49N3P+. The fraction of sp³-hybridized carbons (Fsp3) is 0.690. The van der Waals surface area contributed by atoms with Crippen molar-refractivity contribution in [3.8, 4) is 0 Å². The highest BCUT2D eigenvalue weighted by Gasteiger charge is 2.31. The zero-order chi connectivity index (χ0) is 25.7. The fourth-order valence-electron chi connectivity index (χ4n) is 4.51. The van der Waals surface area contributed by atoms with Crippen LogP contribution in [-0.2, 0) is 16.2 Å². The van der Waals surface area contributed by atoms with Crippen LogP contribution in [0.1, 0.15) is 130 Å². The first-order valence-electron chi connectivity index (χ1n) is 12.5. The van der Waals surface area contributed by atoms with Crippen molar-refractivity contribution in [1.82, 2.24) is 4.57 Å². The van der Waals surface area contributed by atoms with Gasteiger partial charge in [-0.05, 0) is 60.6 Å². The molecule has 1 aromatic carbocycles. The minimum Gasteiger partial charge on any atom is -0.220 e. The number of hydrogen-bond acceptors (Lipinski definition) is 1.